The zero-order chi connectivity index (χ0) is 13.4. The van der Waals surface area contributed by atoms with Crippen LogP contribution in [0.25, 0.3) is 0 Å². The first-order chi connectivity index (χ1) is 9.17. The molecule has 1 aromatic rings. The molecule has 0 radical (unpaired) electrons. The summed E-state index contributed by atoms with van der Waals surface area (Å²) in [5, 5.41) is 0.503. The maximum Gasteiger partial charge on any atom is 0.124 e. The average molecular weight is 283 g/mol. The second-order valence-corrected chi connectivity index (χ2v) is 6.46. The van der Waals surface area contributed by atoms with Crippen molar-refractivity contribution in [3.8, 4) is 0 Å². The van der Waals surface area contributed by atoms with E-state index in [1.54, 1.807) is 6.07 Å². The molecule has 2 aliphatic rings. The van der Waals surface area contributed by atoms with Crippen LogP contribution >= 0.6 is 11.6 Å². The molecule has 2 fully saturated rings. The third kappa shape index (κ3) is 2.64. The summed E-state index contributed by atoms with van der Waals surface area (Å²) in [4.78, 5) is 0. The third-order valence-corrected chi connectivity index (χ3v) is 5.33. The summed E-state index contributed by atoms with van der Waals surface area (Å²) in [7, 11) is 0. The molecule has 0 saturated heterocycles. The summed E-state index contributed by atoms with van der Waals surface area (Å²) in [6.07, 6.45) is 6.14. The van der Waals surface area contributed by atoms with E-state index in [1.807, 2.05) is 0 Å². The molecule has 0 aromatic heterocycles. The van der Waals surface area contributed by atoms with Gasteiger partial charge in [-0.15, -0.1) is 0 Å². The van der Waals surface area contributed by atoms with Gasteiger partial charge >= 0.3 is 0 Å². The van der Waals surface area contributed by atoms with E-state index in [9.17, 15) is 4.39 Å². The fourth-order valence-corrected chi connectivity index (χ4v) is 4.29. The Balaban J connectivity index is 1.73. The van der Waals surface area contributed by atoms with Gasteiger partial charge in [0.1, 0.15) is 5.82 Å². The number of halogens is 2. The van der Waals surface area contributed by atoms with Crippen molar-refractivity contribution in [2.75, 3.05) is 0 Å². The van der Waals surface area contributed by atoms with E-state index in [1.165, 1.54) is 37.8 Å². The lowest BCUT2D eigenvalue weighted by atomic mass is 9.81. The van der Waals surface area contributed by atoms with Gasteiger partial charge in [-0.05, 0) is 61.1 Å². The SMILES string of the molecule is NNC(Cc1ccc(F)cc1Cl)C1CC2CCC1C2. The molecule has 104 valence electrons. The number of fused-ring (bicyclic) bond motifs is 2. The van der Waals surface area contributed by atoms with Crippen molar-refractivity contribution in [3.63, 3.8) is 0 Å². The molecule has 0 heterocycles. The van der Waals surface area contributed by atoms with Crippen LogP contribution in [0.15, 0.2) is 18.2 Å². The minimum absolute atomic E-state index is 0.248. The van der Waals surface area contributed by atoms with Crippen LogP contribution in [0.3, 0.4) is 0 Å². The Morgan fingerprint density at radius 2 is 2.21 bits per heavy atom. The fraction of sp³-hybridized carbons (Fsp3) is 0.600. The van der Waals surface area contributed by atoms with Gasteiger partial charge in [0.25, 0.3) is 0 Å². The van der Waals surface area contributed by atoms with Crippen molar-refractivity contribution in [2.45, 2.75) is 38.1 Å². The van der Waals surface area contributed by atoms with Crippen LogP contribution < -0.4 is 11.3 Å². The first-order valence-corrected chi connectivity index (χ1v) is 7.45. The Hall–Kier alpha value is -0.640. The summed E-state index contributed by atoms with van der Waals surface area (Å²) in [6, 6.07) is 4.87. The van der Waals surface area contributed by atoms with Gasteiger partial charge in [0.05, 0.1) is 0 Å². The van der Waals surface area contributed by atoms with Crippen LogP contribution in [0.1, 0.15) is 31.2 Å². The maximum absolute atomic E-state index is 13.1. The van der Waals surface area contributed by atoms with Crippen LogP contribution in [0.5, 0.6) is 0 Å². The van der Waals surface area contributed by atoms with Crippen molar-refractivity contribution >= 4 is 11.6 Å². The van der Waals surface area contributed by atoms with Gasteiger partial charge in [0, 0.05) is 11.1 Å². The molecule has 3 N–H and O–H groups in total. The first-order valence-electron chi connectivity index (χ1n) is 7.07. The van der Waals surface area contributed by atoms with E-state index in [0.29, 0.717) is 10.9 Å². The van der Waals surface area contributed by atoms with E-state index in [0.717, 1.165) is 23.8 Å². The molecule has 3 rings (SSSR count). The molecule has 2 aliphatic carbocycles. The molecule has 4 atom stereocenters. The zero-order valence-electron chi connectivity index (χ0n) is 10.9. The summed E-state index contributed by atoms with van der Waals surface area (Å²) >= 11 is 6.11. The van der Waals surface area contributed by atoms with Crippen molar-refractivity contribution < 1.29 is 4.39 Å². The second kappa shape index (κ2) is 5.39. The highest BCUT2D eigenvalue weighted by Gasteiger charge is 2.42. The quantitative estimate of drug-likeness (QED) is 0.657. The minimum Gasteiger partial charge on any atom is -0.271 e. The topological polar surface area (TPSA) is 38.0 Å². The molecular formula is C15H20ClFN2. The Labute approximate surface area is 118 Å². The van der Waals surface area contributed by atoms with Gasteiger partial charge in [-0.25, -0.2) is 4.39 Å². The monoisotopic (exact) mass is 282 g/mol. The van der Waals surface area contributed by atoms with Gasteiger partial charge in [-0.2, -0.15) is 0 Å². The van der Waals surface area contributed by atoms with Crippen molar-refractivity contribution in [3.05, 3.63) is 34.6 Å². The molecule has 1 aromatic carbocycles. The normalized spacial score (nSPS) is 30.8. The van der Waals surface area contributed by atoms with Gasteiger partial charge in [-0.1, -0.05) is 24.1 Å². The van der Waals surface area contributed by atoms with E-state index in [-0.39, 0.29) is 11.9 Å². The molecule has 4 unspecified atom stereocenters. The number of rotatable bonds is 4. The van der Waals surface area contributed by atoms with Gasteiger partial charge in [-0.3, -0.25) is 11.3 Å². The van der Waals surface area contributed by atoms with Crippen LogP contribution in [0, 0.1) is 23.6 Å². The van der Waals surface area contributed by atoms with Gasteiger partial charge in [0.15, 0.2) is 0 Å². The molecule has 2 bridgehead atoms. The second-order valence-electron chi connectivity index (χ2n) is 6.05. The van der Waals surface area contributed by atoms with E-state index in [2.05, 4.69) is 5.43 Å². The standard InChI is InChI=1S/C15H20ClFN2/c16-14-8-12(17)4-3-11(14)7-15(19-18)13-6-9-1-2-10(13)5-9/h3-4,8-10,13,15,19H,1-2,5-7,18H2. The Morgan fingerprint density at radius 3 is 2.79 bits per heavy atom. The van der Waals surface area contributed by atoms with Crippen molar-refractivity contribution in [2.24, 2.45) is 23.6 Å². The van der Waals surface area contributed by atoms with E-state index < -0.39 is 0 Å². The van der Waals surface area contributed by atoms with Crippen LogP contribution in [0.4, 0.5) is 4.39 Å². The van der Waals surface area contributed by atoms with E-state index >= 15 is 0 Å². The summed E-state index contributed by atoms with van der Waals surface area (Å²) in [6.45, 7) is 0. The Bertz CT molecular complexity index is 465. The van der Waals surface area contributed by atoms with Crippen molar-refractivity contribution in [1.82, 2.24) is 5.43 Å². The number of hydrogen-bond acceptors (Lipinski definition) is 2. The number of benzene rings is 1. The number of hydrazine groups is 1. The van der Waals surface area contributed by atoms with Gasteiger partial charge < -0.3 is 0 Å². The minimum atomic E-state index is -0.286. The highest BCUT2D eigenvalue weighted by atomic mass is 35.5. The van der Waals surface area contributed by atoms with E-state index in [4.69, 9.17) is 17.4 Å². The maximum atomic E-state index is 13.1. The van der Waals surface area contributed by atoms with Crippen molar-refractivity contribution in [1.29, 1.82) is 0 Å². The third-order valence-electron chi connectivity index (χ3n) is 4.98. The first kappa shape index (κ1) is 13.3. The molecule has 19 heavy (non-hydrogen) atoms. The van der Waals surface area contributed by atoms with Crippen LogP contribution in [-0.4, -0.2) is 6.04 Å². The Morgan fingerprint density at radius 1 is 1.37 bits per heavy atom. The molecule has 4 heteroatoms. The predicted octanol–water partition coefficient (Wildman–Crippen LogP) is 3.29. The molecule has 0 aliphatic heterocycles. The number of nitrogens with two attached hydrogens (primary N) is 1. The number of hydrogen-bond donors (Lipinski definition) is 2. The zero-order valence-corrected chi connectivity index (χ0v) is 11.7. The smallest absolute Gasteiger partial charge is 0.124 e. The largest absolute Gasteiger partial charge is 0.271 e. The number of nitrogens with one attached hydrogen (secondary N) is 1. The van der Waals surface area contributed by atoms with Crippen LogP contribution in [0.2, 0.25) is 5.02 Å². The highest BCUT2D eigenvalue weighted by molar-refractivity contribution is 6.31. The lowest BCUT2D eigenvalue weighted by Gasteiger charge is -2.30. The van der Waals surface area contributed by atoms with Crippen LogP contribution in [-0.2, 0) is 6.42 Å². The average Bonchev–Trinajstić information content (AvgIpc) is 3.00. The highest BCUT2D eigenvalue weighted by Crippen LogP contribution is 2.49. The molecule has 2 nitrogen and oxygen atoms in total. The lowest BCUT2D eigenvalue weighted by Crippen LogP contribution is -2.44. The fourth-order valence-electron chi connectivity index (χ4n) is 4.04. The summed E-state index contributed by atoms with van der Waals surface area (Å²) in [5.74, 6) is 7.81. The predicted molar refractivity (Wildman–Crippen MR) is 75.2 cm³/mol. The summed E-state index contributed by atoms with van der Waals surface area (Å²) < 4.78 is 13.1. The summed E-state index contributed by atoms with van der Waals surface area (Å²) in [5.41, 5.74) is 3.95. The molecule has 2 saturated carbocycles. The Kier molecular flexibility index (Phi) is 3.79. The molecule has 0 amide bonds. The lowest BCUT2D eigenvalue weighted by molar-refractivity contribution is 0.248. The molecular weight excluding hydrogens is 263 g/mol. The van der Waals surface area contributed by atoms with Gasteiger partial charge in [0.2, 0.25) is 0 Å². The molecule has 0 spiro atoms.